The minimum Gasteiger partial charge on any atom is -0.456 e. The van der Waals surface area contributed by atoms with Gasteiger partial charge in [-0.3, -0.25) is 0 Å². The summed E-state index contributed by atoms with van der Waals surface area (Å²) in [6.07, 6.45) is 0. The smallest absolute Gasteiger partial charge is 0.136 e. The number of hydrogen-bond donors (Lipinski definition) is 0. The Hall–Kier alpha value is -5.66. The summed E-state index contributed by atoms with van der Waals surface area (Å²) in [7, 11) is 0. The molecule has 0 aliphatic heterocycles. The molecule has 0 spiro atoms. The number of benzene rings is 8. The lowest BCUT2D eigenvalue weighted by Crippen LogP contribution is -1.92. The van der Waals surface area contributed by atoms with Crippen molar-refractivity contribution in [3.63, 3.8) is 0 Å². The van der Waals surface area contributed by atoms with Gasteiger partial charge in [0.25, 0.3) is 0 Å². The maximum absolute atomic E-state index is 6.43. The van der Waals surface area contributed by atoms with Gasteiger partial charge in [0.15, 0.2) is 0 Å². The molecule has 43 heavy (non-hydrogen) atoms. The van der Waals surface area contributed by atoms with Gasteiger partial charge in [0.2, 0.25) is 0 Å². The third kappa shape index (κ3) is 3.06. The molecule has 198 valence electrons. The van der Waals surface area contributed by atoms with Crippen molar-refractivity contribution in [2.45, 2.75) is 0 Å². The molecule has 9 aromatic rings. The van der Waals surface area contributed by atoms with Crippen molar-refractivity contribution in [2.75, 3.05) is 0 Å². The maximum atomic E-state index is 6.43. The molecule has 0 radical (unpaired) electrons. The first-order chi connectivity index (χ1) is 21.3. The topological polar surface area (TPSA) is 13.1 Å². The van der Waals surface area contributed by atoms with Crippen LogP contribution < -0.4 is 0 Å². The second kappa shape index (κ2) is 8.44. The Labute approximate surface area is 248 Å². The summed E-state index contributed by atoms with van der Waals surface area (Å²) in [5.74, 6) is 0. The van der Waals surface area contributed by atoms with Crippen LogP contribution in [0.3, 0.4) is 0 Å². The fourth-order valence-corrected chi connectivity index (χ4v) is 7.65. The Kier molecular flexibility index (Phi) is 4.51. The van der Waals surface area contributed by atoms with Crippen molar-refractivity contribution in [3.05, 3.63) is 146 Å². The van der Waals surface area contributed by atoms with Gasteiger partial charge >= 0.3 is 0 Å². The van der Waals surface area contributed by atoms with Crippen LogP contribution in [-0.4, -0.2) is 0 Å². The molecular weight excluding hydrogens is 520 g/mol. The van der Waals surface area contributed by atoms with Gasteiger partial charge in [-0.05, 0) is 89.6 Å². The van der Waals surface area contributed by atoms with Gasteiger partial charge in [-0.2, -0.15) is 0 Å². The van der Waals surface area contributed by atoms with Gasteiger partial charge in [0.05, 0.1) is 0 Å². The fourth-order valence-electron chi connectivity index (χ4n) is 7.65. The van der Waals surface area contributed by atoms with E-state index in [9.17, 15) is 0 Å². The van der Waals surface area contributed by atoms with E-state index in [1.165, 1.54) is 87.6 Å². The molecule has 0 saturated heterocycles. The molecule has 1 aromatic heterocycles. The first-order valence-electron chi connectivity index (χ1n) is 14.9. The van der Waals surface area contributed by atoms with Gasteiger partial charge < -0.3 is 4.42 Å². The zero-order valence-corrected chi connectivity index (χ0v) is 23.3. The number of hydrogen-bond acceptors (Lipinski definition) is 1. The van der Waals surface area contributed by atoms with E-state index in [4.69, 9.17) is 4.42 Å². The van der Waals surface area contributed by atoms with Crippen LogP contribution in [0.4, 0.5) is 0 Å². The Morgan fingerprint density at radius 3 is 1.65 bits per heavy atom. The van der Waals surface area contributed by atoms with Crippen LogP contribution in [0.15, 0.2) is 150 Å². The van der Waals surface area contributed by atoms with Crippen LogP contribution in [0.25, 0.3) is 98.8 Å². The molecule has 0 amide bonds. The van der Waals surface area contributed by atoms with Crippen LogP contribution in [0, 0.1) is 0 Å². The average Bonchev–Trinajstić information content (AvgIpc) is 3.40. The van der Waals surface area contributed by atoms with Crippen LogP contribution in [-0.2, 0) is 0 Å². The monoisotopic (exact) mass is 544 g/mol. The molecule has 1 aliphatic rings. The summed E-state index contributed by atoms with van der Waals surface area (Å²) in [5.41, 5.74) is 11.9. The first-order valence-corrected chi connectivity index (χ1v) is 14.9. The lowest BCUT2D eigenvalue weighted by molar-refractivity contribution is 0.669. The van der Waals surface area contributed by atoms with Gasteiger partial charge in [-0.15, -0.1) is 0 Å². The van der Waals surface area contributed by atoms with Crippen LogP contribution >= 0.6 is 0 Å². The number of furan rings is 1. The van der Waals surface area contributed by atoms with Crippen molar-refractivity contribution in [1.29, 1.82) is 0 Å². The minimum absolute atomic E-state index is 0.941. The molecule has 0 unspecified atom stereocenters. The van der Waals surface area contributed by atoms with E-state index in [2.05, 4.69) is 146 Å². The molecule has 10 rings (SSSR count). The Balaban J connectivity index is 1.35. The summed E-state index contributed by atoms with van der Waals surface area (Å²) >= 11 is 0. The second-order valence-electron chi connectivity index (χ2n) is 11.6. The fraction of sp³-hybridized carbons (Fsp3) is 0. The number of fused-ring (bicyclic) bond motifs is 5. The Bertz CT molecular complexity index is 2550. The normalized spacial score (nSPS) is 12.2. The molecule has 1 heteroatoms. The SMILES string of the molecule is c1ccc(-c2c3ccccc3c(-c3ccc4c(c3)-c3cccc5oc6ccc7cccc-4c7c6c35)c3ccccc23)cc1. The zero-order valence-electron chi connectivity index (χ0n) is 23.3. The molecule has 0 saturated carbocycles. The highest BCUT2D eigenvalue weighted by molar-refractivity contribution is 6.29. The first kappa shape index (κ1) is 23.0. The van der Waals surface area contributed by atoms with Crippen LogP contribution in [0.5, 0.6) is 0 Å². The van der Waals surface area contributed by atoms with E-state index in [0.717, 1.165) is 11.2 Å². The summed E-state index contributed by atoms with van der Waals surface area (Å²) in [5, 5.41) is 10.0. The Morgan fingerprint density at radius 1 is 0.326 bits per heavy atom. The van der Waals surface area contributed by atoms with E-state index in [-0.39, 0.29) is 0 Å². The quantitative estimate of drug-likeness (QED) is 0.197. The van der Waals surface area contributed by atoms with Gasteiger partial charge in [0.1, 0.15) is 11.2 Å². The highest BCUT2D eigenvalue weighted by Gasteiger charge is 2.24. The number of rotatable bonds is 2. The molecule has 1 nitrogen and oxygen atoms in total. The van der Waals surface area contributed by atoms with Crippen LogP contribution in [0.1, 0.15) is 0 Å². The van der Waals surface area contributed by atoms with E-state index in [0.29, 0.717) is 0 Å². The molecule has 1 aliphatic carbocycles. The highest BCUT2D eigenvalue weighted by Crippen LogP contribution is 2.51. The third-order valence-electron chi connectivity index (χ3n) is 9.39. The summed E-state index contributed by atoms with van der Waals surface area (Å²) < 4.78 is 6.43. The largest absolute Gasteiger partial charge is 0.456 e. The van der Waals surface area contributed by atoms with Gasteiger partial charge in [0, 0.05) is 16.2 Å². The van der Waals surface area contributed by atoms with E-state index in [1.807, 2.05) is 0 Å². The average molecular weight is 545 g/mol. The molecule has 1 heterocycles. The van der Waals surface area contributed by atoms with Crippen molar-refractivity contribution in [2.24, 2.45) is 0 Å². The summed E-state index contributed by atoms with van der Waals surface area (Å²) in [4.78, 5) is 0. The lowest BCUT2D eigenvalue weighted by atomic mass is 9.84. The molecule has 0 fully saturated rings. The molecule has 0 atom stereocenters. The second-order valence-corrected chi connectivity index (χ2v) is 11.6. The predicted octanol–water partition coefficient (Wildman–Crippen LogP) is 12.0. The van der Waals surface area contributed by atoms with E-state index >= 15 is 0 Å². The van der Waals surface area contributed by atoms with Gasteiger partial charge in [-0.25, -0.2) is 0 Å². The summed E-state index contributed by atoms with van der Waals surface area (Å²) in [6.45, 7) is 0. The molecule has 8 aromatic carbocycles. The van der Waals surface area contributed by atoms with Crippen molar-refractivity contribution < 1.29 is 4.42 Å². The molecule has 0 N–H and O–H groups in total. The predicted molar refractivity (Wildman–Crippen MR) is 182 cm³/mol. The van der Waals surface area contributed by atoms with Crippen LogP contribution in [0.2, 0.25) is 0 Å². The minimum atomic E-state index is 0.941. The standard InChI is InChI=1S/C42H24O/c1-2-10-25(11-3-1)38-30-13-4-6-15-32(30)39(33-16-7-5-14-31(33)38)27-20-22-28-29-17-8-12-26-21-23-37-42(40(26)29)41-34(35(28)24-27)18-9-19-36(41)43-37/h1-24H. The van der Waals surface area contributed by atoms with Crippen molar-refractivity contribution in [3.8, 4) is 44.5 Å². The highest BCUT2D eigenvalue weighted by atomic mass is 16.3. The van der Waals surface area contributed by atoms with Crippen molar-refractivity contribution in [1.82, 2.24) is 0 Å². The van der Waals surface area contributed by atoms with E-state index < -0.39 is 0 Å². The van der Waals surface area contributed by atoms with E-state index in [1.54, 1.807) is 0 Å². The summed E-state index contributed by atoms with van der Waals surface area (Å²) in [6, 6.07) is 53.1. The molecule has 0 bridgehead atoms. The molecular formula is C42H24O. The lowest BCUT2D eigenvalue weighted by Gasteiger charge is -2.19. The Morgan fingerprint density at radius 2 is 0.930 bits per heavy atom. The third-order valence-corrected chi connectivity index (χ3v) is 9.39. The maximum Gasteiger partial charge on any atom is 0.136 e. The van der Waals surface area contributed by atoms with Crippen molar-refractivity contribution >= 4 is 54.3 Å². The zero-order chi connectivity index (χ0) is 28.1. The van der Waals surface area contributed by atoms with Gasteiger partial charge in [-0.1, -0.05) is 127 Å².